The first-order valence-electron chi connectivity index (χ1n) is 7.19. The molecule has 108 valence electrons. The highest BCUT2D eigenvalue weighted by Gasteiger charge is 2.23. The van der Waals surface area contributed by atoms with Crippen LogP contribution in [0.15, 0.2) is 24.3 Å². The fourth-order valence-corrected chi connectivity index (χ4v) is 2.48. The van der Waals surface area contributed by atoms with Crippen LogP contribution >= 0.6 is 0 Å². The maximum atomic E-state index is 9.52. The summed E-state index contributed by atoms with van der Waals surface area (Å²) in [5.41, 5.74) is 1.02. The van der Waals surface area contributed by atoms with Crippen LogP contribution in [0.5, 0.6) is 5.75 Å². The van der Waals surface area contributed by atoms with Crippen molar-refractivity contribution in [1.29, 1.82) is 5.26 Å². The van der Waals surface area contributed by atoms with Crippen molar-refractivity contribution in [2.45, 2.75) is 26.0 Å². The van der Waals surface area contributed by atoms with E-state index in [1.165, 1.54) is 0 Å². The second kappa shape index (κ2) is 6.74. The summed E-state index contributed by atoms with van der Waals surface area (Å²) < 4.78 is 5.72. The summed E-state index contributed by atoms with van der Waals surface area (Å²) in [6.45, 7) is 7.92. The van der Waals surface area contributed by atoms with Crippen molar-refractivity contribution in [1.82, 2.24) is 9.80 Å². The standard InChI is InChI=1S/C16H23N3O/c1-13(2)20-15-6-4-5-14(11-15)16(12-17)19-9-7-18(3)8-10-19/h4-6,11,13,16H,7-10H2,1-3H3. The van der Waals surface area contributed by atoms with Gasteiger partial charge in [0.1, 0.15) is 11.8 Å². The molecule has 1 aliphatic rings. The third-order valence-corrected chi connectivity index (χ3v) is 3.57. The Labute approximate surface area is 121 Å². The number of piperazine rings is 1. The SMILES string of the molecule is CC(C)Oc1cccc(C(C#N)N2CCN(C)CC2)c1. The molecule has 0 bridgehead atoms. The molecule has 1 aromatic carbocycles. The fraction of sp³-hybridized carbons (Fsp3) is 0.562. The number of hydrogen-bond donors (Lipinski definition) is 0. The molecular formula is C16H23N3O. The summed E-state index contributed by atoms with van der Waals surface area (Å²) in [5, 5.41) is 9.52. The normalized spacial score (nSPS) is 18.8. The van der Waals surface area contributed by atoms with E-state index in [0.717, 1.165) is 37.5 Å². The molecule has 0 amide bonds. The van der Waals surface area contributed by atoms with E-state index < -0.39 is 0 Å². The van der Waals surface area contributed by atoms with E-state index in [-0.39, 0.29) is 12.1 Å². The summed E-state index contributed by atoms with van der Waals surface area (Å²) in [5.74, 6) is 0.840. The van der Waals surface area contributed by atoms with Gasteiger partial charge in [-0.15, -0.1) is 0 Å². The van der Waals surface area contributed by atoms with E-state index in [1.54, 1.807) is 0 Å². The van der Waals surface area contributed by atoms with Crippen LogP contribution in [0.25, 0.3) is 0 Å². The second-order valence-corrected chi connectivity index (χ2v) is 5.61. The topological polar surface area (TPSA) is 39.5 Å². The molecule has 1 saturated heterocycles. The number of likely N-dealkylation sites (N-methyl/N-ethyl adjacent to an activating group) is 1. The summed E-state index contributed by atoms with van der Waals surface area (Å²) in [6.07, 6.45) is 0.148. The summed E-state index contributed by atoms with van der Waals surface area (Å²) in [6, 6.07) is 10.2. The lowest BCUT2D eigenvalue weighted by Crippen LogP contribution is -2.45. The van der Waals surface area contributed by atoms with Crippen molar-refractivity contribution in [2.24, 2.45) is 0 Å². The minimum absolute atomic E-state index is 0.148. The summed E-state index contributed by atoms with van der Waals surface area (Å²) >= 11 is 0. The number of benzene rings is 1. The van der Waals surface area contributed by atoms with Crippen molar-refractivity contribution in [3.63, 3.8) is 0 Å². The van der Waals surface area contributed by atoms with Crippen LogP contribution in [-0.2, 0) is 0 Å². The molecule has 1 unspecified atom stereocenters. The van der Waals surface area contributed by atoms with Crippen LogP contribution < -0.4 is 4.74 Å². The Bertz CT molecular complexity index is 473. The molecule has 0 N–H and O–H groups in total. The zero-order valence-corrected chi connectivity index (χ0v) is 12.5. The van der Waals surface area contributed by atoms with Crippen molar-refractivity contribution in [3.8, 4) is 11.8 Å². The van der Waals surface area contributed by atoms with Gasteiger partial charge < -0.3 is 9.64 Å². The third-order valence-electron chi connectivity index (χ3n) is 3.57. The van der Waals surface area contributed by atoms with Gasteiger partial charge in [0.05, 0.1) is 12.2 Å². The van der Waals surface area contributed by atoms with E-state index in [2.05, 4.69) is 22.9 Å². The van der Waals surface area contributed by atoms with Crippen molar-refractivity contribution in [3.05, 3.63) is 29.8 Å². The molecule has 1 aliphatic heterocycles. The molecule has 20 heavy (non-hydrogen) atoms. The van der Waals surface area contributed by atoms with Crippen LogP contribution in [-0.4, -0.2) is 49.1 Å². The molecule has 0 aliphatic carbocycles. The van der Waals surface area contributed by atoms with Crippen LogP contribution in [0.2, 0.25) is 0 Å². The summed E-state index contributed by atoms with van der Waals surface area (Å²) in [7, 11) is 2.12. The Morgan fingerprint density at radius 3 is 2.50 bits per heavy atom. The lowest BCUT2D eigenvalue weighted by molar-refractivity contribution is 0.132. The number of rotatable bonds is 4. The molecule has 1 heterocycles. The first-order valence-corrected chi connectivity index (χ1v) is 7.19. The number of nitrogens with zero attached hydrogens (tertiary/aromatic N) is 3. The smallest absolute Gasteiger partial charge is 0.124 e. The zero-order chi connectivity index (χ0) is 14.5. The van der Waals surface area contributed by atoms with Gasteiger partial charge in [0.2, 0.25) is 0 Å². The van der Waals surface area contributed by atoms with E-state index in [1.807, 2.05) is 38.1 Å². The molecule has 0 radical (unpaired) electrons. The molecule has 0 spiro atoms. The molecule has 1 atom stereocenters. The van der Waals surface area contributed by atoms with Crippen molar-refractivity contribution >= 4 is 0 Å². The van der Waals surface area contributed by atoms with Gasteiger partial charge in [-0.25, -0.2) is 0 Å². The molecule has 4 nitrogen and oxygen atoms in total. The lowest BCUT2D eigenvalue weighted by Gasteiger charge is -2.35. The number of nitriles is 1. The van der Waals surface area contributed by atoms with Gasteiger partial charge >= 0.3 is 0 Å². The van der Waals surface area contributed by atoms with Crippen LogP contribution in [0.4, 0.5) is 0 Å². The predicted octanol–water partition coefficient (Wildman–Crippen LogP) is 2.29. The molecule has 1 aromatic rings. The highest BCUT2D eigenvalue weighted by atomic mass is 16.5. The maximum Gasteiger partial charge on any atom is 0.124 e. The average Bonchev–Trinajstić information content (AvgIpc) is 2.41. The van der Waals surface area contributed by atoms with E-state index >= 15 is 0 Å². The number of hydrogen-bond acceptors (Lipinski definition) is 4. The van der Waals surface area contributed by atoms with Gasteiger partial charge in [0.15, 0.2) is 0 Å². The maximum absolute atomic E-state index is 9.52. The predicted molar refractivity (Wildman–Crippen MR) is 79.6 cm³/mol. The van der Waals surface area contributed by atoms with Gasteiger partial charge in [-0.3, -0.25) is 4.90 Å². The first kappa shape index (κ1) is 14.8. The Kier molecular flexibility index (Phi) is 4.99. The Balaban J connectivity index is 2.13. The molecule has 0 aromatic heterocycles. The monoisotopic (exact) mass is 273 g/mol. The van der Waals surface area contributed by atoms with E-state index in [9.17, 15) is 5.26 Å². The molecule has 2 rings (SSSR count). The van der Waals surface area contributed by atoms with Gasteiger partial charge in [-0.05, 0) is 38.6 Å². The Morgan fingerprint density at radius 1 is 1.20 bits per heavy atom. The largest absolute Gasteiger partial charge is 0.491 e. The van der Waals surface area contributed by atoms with Gasteiger partial charge in [0.25, 0.3) is 0 Å². The van der Waals surface area contributed by atoms with E-state index in [4.69, 9.17) is 4.74 Å². The fourth-order valence-electron chi connectivity index (χ4n) is 2.48. The number of ether oxygens (including phenoxy) is 1. The first-order chi connectivity index (χ1) is 9.60. The van der Waals surface area contributed by atoms with Crippen molar-refractivity contribution < 1.29 is 4.74 Å². The van der Waals surface area contributed by atoms with Crippen molar-refractivity contribution in [2.75, 3.05) is 33.2 Å². The average molecular weight is 273 g/mol. The van der Waals surface area contributed by atoms with Gasteiger partial charge in [-0.2, -0.15) is 5.26 Å². The third kappa shape index (κ3) is 3.72. The molecule has 0 saturated carbocycles. The quantitative estimate of drug-likeness (QED) is 0.844. The minimum atomic E-state index is -0.181. The van der Waals surface area contributed by atoms with Gasteiger partial charge in [0, 0.05) is 26.2 Å². The minimum Gasteiger partial charge on any atom is -0.491 e. The highest BCUT2D eigenvalue weighted by molar-refractivity contribution is 5.33. The van der Waals surface area contributed by atoms with Crippen LogP contribution in [0.1, 0.15) is 25.5 Å². The van der Waals surface area contributed by atoms with Crippen LogP contribution in [0, 0.1) is 11.3 Å². The van der Waals surface area contributed by atoms with Gasteiger partial charge in [-0.1, -0.05) is 12.1 Å². The molecule has 1 fully saturated rings. The highest BCUT2D eigenvalue weighted by Crippen LogP contribution is 2.25. The lowest BCUT2D eigenvalue weighted by atomic mass is 10.1. The summed E-state index contributed by atoms with van der Waals surface area (Å²) in [4.78, 5) is 4.54. The Morgan fingerprint density at radius 2 is 1.90 bits per heavy atom. The zero-order valence-electron chi connectivity index (χ0n) is 12.5. The van der Waals surface area contributed by atoms with E-state index in [0.29, 0.717) is 0 Å². The van der Waals surface area contributed by atoms with Crippen LogP contribution in [0.3, 0.4) is 0 Å². The second-order valence-electron chi connectivity index (χ2n) is 5.61. The Hall–Kier alpha value is -1.57. The molecule has 4 heteroatoms. The molecular weight excluding hydrogens is 250 g/mol.